The predicted molar refractivity (Wildman–Crippen MR) is 223 cm³/mol. The maximum absolute atomic E-state index is 12.7. The fourth-order valence-electron chi connectivity index (χ4n) is 4.22. The number of carbonyl (C=O) groups excluding carboxylic acids is 4. The van der Waals surface area contributed by atoms with Gasteiger partial charge < -0.3 is 55.9 Å². The van der Waals surface area contributed by atoms with Gasteiger partial charge >= 0.3 is 23.9 Å². The lowest BCUT2D eigenvalue weighted by Crippen LogP contribution is -2.39. The Morgan fingerprint density at radius 2 is 0.931 bits per heavy atom. The number of rotatable bonds is 27. The van der Waals surface area contributed by atoms with Crippen molar-refractivity contribution in [1.82, 2.24) is 0 Å². The maximum atomic E-state index is 12.7. The summed E-state index contributed by atoms with van der Waals surface area (Å²) in [5.41, 5.74) is -0.997. The molecule has 0 aliphatic heterocycles. The van der Waals surface area contributed by atoms with Crippen LogP contribution >= 0.6 is 15.2 Å². The molecule has 0 heterocycles. The lowest BCUT2D eigenvalue weighted by atomic mass is 9.72. The van der Waals surface area contributed by atoms with Crippen LogP contribution in [0.3, 0.4) is 0 Å². The number of esters is 4. The van der Waals surface area contributed by atoms with Crippen LogP contribution in [0.5, 0.6) is 0 Å². The van der Waals surface area contributed by atoms with Crippen molar-refractivity contribution in [3.05, 3.63) is 24.3 Å². The fourth-order valence-corrected chi connectivity index (χ4v) is 6.87. The number of hydrogen-bond acceptors (Lipinski definition) is 14. The monoisotopic (exact) mass is 872 g/mol. The Balaban J connectivity index is -0.000000907. The van der Waals surface area contributed by atoms with Crippen molar-refractivity contribution in [2.75, 3.05) is 107 Å². The Morgan fingerprint density at radius 3 is 1.28 bits per heavy atom. The topological polar surface area (TPSA) is 204 Å². The van der Waals surface area contributed by atoms with Crippen molar-refractivity contribution < 1.29 is 75.1 Å². The highest BCUT2D eigenvalue weighted by Crippen LogP contribution is 2.39. The number of carbonyl (C=O) groups is 4. The molecule has 16 nitrogen and oxygen atoms in total. The van der Waals surface area contributed by atoms with E-state index in [0.717, 1.165) is 25.7 Å². The minimum atomic E-state index is -3.97. The lowest BCUT2D eigenvalue weighted by Gasteiger charge is -2.33. The first kappa shape index (κ1) is 59.9. The van der Waals surface area contributed by atoms with E-state index in [1.54, 1.807) is 27.7 Å². The molecule has 3 unspecified atom stereocenters. The summed E-state index contributed by atoms with van der Waals surface area (Å²) in [5, 5.41) is 0. The molecule has 0 saturated carbocycles. The Hall–Kier alpha value is -2.42. The molecular weight excluding hydrogens is 794 g/mol. The van der Waals surface area contributed by atoms with Crippen LogP contribution in [0.15, 0.2) is 24.3 Å². The van der Waals surface area contributed by atoms with Gasteiger partial charge in [0.2, 0.25) is 0 Å². The van der Waals surface area contributed by atoms with Crippen LogP contribution in [-0.2, 0) is 56.3 Å². The van der Waals surface area contributed by atoms with Gasteiger partial charge in [-0.2, -0.15) is 0 Å². The molecule has 0 rings (SSSR count). The molecule has 0 aromatic rings. The summed E-state index contributed by atoms with van der Waals surface area (Å²) in [5.74, 6) is -1.65. The summed E-state index contributed by atoms with van der Waals surface area (Å²) in [7, 11) is 3.56. The van der Waals surface area contributed by atoms with E-state index in [9.17, 15) is 38.1 Å². The van der Waals surface area contributed by atoms with Gasteiger partial charge in [-0.25, -0.2) is 9.59 Å². The van der Waals surface area contributed by atoms with Crippen LogP contribution in [0, 0.1) is 10.8 Å². The zero-order chi connectivity index (χ0) is 46.0. The van der Waals surface area contributed by atoms with Crippen LogP contribution in [0.4, 0.5) is 0 Å². The third-order valence-corrected chi connectivity index (χ3v) is 10.8. The van der Waals surface area contributed by atoms with E-state index in [1.165, 1.54) is 6.92 Å². The first-order valence-electron chi connectivity index (χ1n) is 19.8. The number of quaternary nitrogens is 2. The van der Waals surface area contributed by atoms with Gasteiger partial charge in [0.05, 0.1) is 105 Å². The second kappa shape index (κ2) is 28.9. The maximum Gasteiger partial charge on any atom is 0.333 e. The van der Waals surface area contributed by atoms with Crippen molar-refractivity contribution in [2.45, 2.75) is 93.9 Å². The average Bonchev–Trinajstić information content (AvgIpc) is 3.10. The molecule has 342 valence electrons. The highest BCUT2D eigenvalue weighted by atomic mass is 31.2. The van der Waals surface area contributed by atoms with E-state index in [2.05, 4.69) is 20.1 Å². The standard InChI is InChI=1S/C21H42NO7P.C11H22NO5P.C8H14O2/c1-9-11-13-27-18(23)20(3,4)17-21(5,10-2)19(24)28-14-15-29-30(25,26)16-12-22(6,7)8;1-10(2)11(13)16-7-8-17-18(14,15)9-6-12(3,4)5;1-4-5-6-10-8(9)7(2)3/h9-17H2,1-8H3;1,6-9H2,2-5H3;2,4-6H2,1,3H3. The molecule has 0 saturated heterocycles. The van der Waals surface area contributed by atoms with Crippen molar-refractivity contribution in [3.8, 4) is 0 Å². The zero-order valence-electron chi connectivity index (χ0n) is 38.2. The number of ether oxygens (including phenoxy) is 4. The molecule has 0 bridgehead atoms. The summed E-state index contributed by atoms with van der Waals surface area (Å²) < 4.78 is 54.3. The third kappa shape index (κ3) is 33.4. The van der Waals surface area contributed by atoms with E-state index in [0.29, 0.717) is 47.3 Å². The van der Waals surface area contributed by atoms with Crippen LogP contribution in [-0.4, -0.2) is 140 Å². The Labute approximate surface area is 349 Å². The SMILES string of the molecule is C=C(C)C(=O)OCCCC.C=C(C)C(=O)OCCOP(=O)([O-])CC[N+](C)(C)C.CCCCOC(=O)C(C)(C)CC(C)(CC)C(=O)OCCOP(=O)([O-])CC[N+](C)(C)C. The molecule has 0 amide bonds. The van der Waals surface area contributed by atoms with Crippen molar-refractivity contribution in [3.63, 3.8) is 0 Å². The molecule has 0 fully saturated rings. The second-order valence-electron chi connectivity index (χ2n) is 17.1. The first-order chi connectivity index (χ1) is 26.3. The third-order valence-electron chi connectivity index (χ3n) is 8.12. The fraction of sp³-hybridized carbons (Fsp3) is 0.800. The van der Waals surface area contributed by atoms with E-state index < -0.39 is 38.0 Å². The summed E-state index contributed by atoms with van der Waals surface area (Å²) in [6, 6.07) is 0. The summed E-state index contributed by atoms with van der Waals surface area (Å²) in [6.45, 7) is 22.4. The van der Waals surface area contributed by atoms with Gasteiger partial charge in [0, 0.05) is 11.1 Å². The molecule has 58 heavy (non-hydrogen) atoms. The lowest BCUT2D eigenvalue weighted by molar-refractivity contribution is -0.868. The number of unbranched alkanes of at least 4 members (excludes halogenated alkanes) is 2. The van der Waals surface area contributed by atoms with Gasteiger partial charge in [-0.3, -0.25) is 9.59 Å². The Morgan fingerprint density at radius 1 is 0.586 bits per heavy atom. The number of nitrogens with zero attached hydrogens (tertiary/aromatic N) is 2. The van der Waals surface area contributed by atoms with Crippen LogP contribution < -0.4 is 9.79 Å². The molecule has 0 aliphatic rings. The van der Waals surface area contributed by atoms with Gasteiger partial charge in [0.1, 0.15) is 28.4 Å². The van der Waals surface area contributed by atoms with E-state index in [-0.39, 0.29) is 62.7 Å². The van der Waals surface area contributed by atoms with Crippen molar-refractivity contribution in [2.24, 2.45) is 10.8 Å². The van der Waals surface area contributed by atoms with E-state index in [1.807, 2.05) is 56.1 Å². The summed E-state index contributed by atoms with van der Waals surface area (Å²) >= 11 is 0. The molecule has 0 spiro atoms. The molecular formula is C40H78N2O14P2. The minimum absolute atomic E-state index is 0.0368. The normalized spacial score (nSPS) is 14.7. The van der Waals surface area contributed by atoms with Gasteiger partial charge in [-0.05, 0) is 60.3 Å². The van der Waals surface area contributed by atoms with Gasteiger partial charge in [0.15, 0.2) is 0 Å². The molecule has 18 heteroatoms. The molecule has 3 atom stereocenters. The molecule has 0 aromatic heterocycles. The average molecular weight is 873 g/mol. The minimum Gasteiger partial charge on any atom is -0.778 e. The molecule has 0 radical (unpaired) electrons. The van der Waals surface area contributed by atoms with Crippen LogP contribution in [0.2, 0.25) is 0 Å². The van der Waals surface area contributed by atoms with E-state index in [4.69, 9.17) is 28.0 Å². The van der Waals surface area contributed by atoms with Crippen molar-refractivity contribution in [1.29, 1.82) is 0 Å². The smallest absolute Gasteiger partial charge is 0.333 e. The van der Waals surface area contributed by atoms with Gasteiger partial charge in [-0.15, -0.1) is 0 Å². The zero-order valence-corrected chi connectivity index (χ0v) is 40.0. The molecule has 0 aliphatic carbocycles. The molecule has 0 N–H and O–H groups in total. The van der Waals surface area contributed by atoms with Crippen LogP contribution in [0.25, 0.3) is 0 Å². The Kier molecular flexibility index (Phi) is 29.9. The molecule has 0 aromatic carbocycles. The second-order valence-corrected chi connectivity index (χ2v) is 21.0. The van der Waals surface area contributed by atoms with Crippen LogP contribution in [0.1, 0.15) is 93.9 Å². The summed E-state index contributed by atoms with van der Waals surface area (Å²) in [4.78, 5) is 70.2. The highest BCUT2D eigenvalue weighted by molar-refractivity contribution is 7.51. The van der Waals surface area contributed by atoms with E-state index >= 15 is 0 Å². The quantitative estimate of drug-likeness (QED) is 0.0258. The van der Waals surface area contributed by atoms with Crippen molar-refractivity contribution >= 4 is 39.1 Å². The number of hydrogen-bond donors (Lipinski definition) is 0. The predicted octanol–water partition coefficient (Wildman–Crippen LogP) is 5.27. The summed E-state index contributed by atoms with van der Waals surface area (Å²) in [6.07, 6.45) is 4.33. The Bertz CT molecular complexity index is 1370. The highest BCUT2D eigenvalue weighted by Gasteiger charge is 2.43. The van der Waals surface area contributed by atoms with Gasteiger partial charge in [-0.1, -0.05) is 46.8 Å². The first-order valence-corrected chi connectivity index (χ1v) is 23.3. The van der Waals surface area contributed by atoms with Gasteiger partial charge in [0.25, 0.3) is 0 Å². The largest absolute Gasteiger partial charge is 0.778 e.